The minimum atomic E-state index is -0.183. The van der Waals surface area contributed by atoms with Crippen molar-refractivity contribution in [1.82, 2.24) is 10.4 Å². The Morgan fingerprint density at radius 1 is 1.16 bits per heavy atom. The molecule has 2 aromatic rings. The molecule has 0 amide bonds. The maximum Gasteiger partial charge on any atom is 0.142 e. The number of aromatic nitrogens is 1. The van der Waals surface area contributed by atoms with Crippen molar-refractivity contribution in [2.45, 2.75) is 19.9 Å². The molecule has 3 N–H and O–H groups in total. The van der Waals surface area contributed by atoms with Gasteiger partial charge in [0.05, 0.1) is 13.2 Å². The molecule has 4 heteroatoms. The molecule has 1 atom stereocenters. The third kappa shape index (κ3) is 2.59. The Bertz CT molecular complexity index is 549. The molecule has 1 heterocycles. The number of ether oxygens (including phenoxy) is 1. The Hall–Kier alpha value is -1.91. The van der Waals surface area contributed by atoms with E-state index < -0.39 is 0 Å². The van der Waals surface area contributed by atoms with Crippen LogP contribution < -0.4 is 16.0 Å². The number of pyridine rings is 1. The maximum absolute atomic E-state index is 5.75. The van der Waals surface area contributed by atoms with Gasteiger partial charge in [-0.2, -0.15) is 0 Å². The minimum absolute atomic E-state index is 0.183. The molecule has 0 bridgehead atoms. The topological polar surface area (TPSA) is 60.2 Å². The van der Waals surface area contributed by atoms with Crippen molar-refractivity contribution in [2.75, 3.05) is 7.11 Å². The molecular formula is C15H19N3O. The van der Waals surface area contributed by atoms with E-state index in [0.717, 1.165) is 17.0 Å². The van der Waals surface area contributed by atoms with Crippen LogP contribution in [0.4, 0.5) is 0 Å². The van der Waals surface area contributed by atoms with Crippen LogP contribution in [0.15, 0.2) is 36.5 Å². The lowest BCUT2D eigenvalue weighted by atomic mass is 9.94. The zero-order chi connectivity index (χ0) is 13.8. The summed E-state index contributed by atoms with van der Waals surface area (Å²) in [5, 5.41) is 0. The summed E-state index contributed by atoms with van der Waals surface area (Å²) >= 11 is 0. The molecule has 1 aromatic carbocycles. The van der Waals surface area contributed by atoms with Crippen LogP contribution in [-0.4, -0.2) is 12.1 Å². The van der Waals surface area contributed by atoms with Gasteiger partial charge in [-0.15, -0.1) is 0 Å². The summed E-state index contributed by atoms with van der Waals surface area (Å²) in [6.45, 7) is 4.14. The predicted molar refractivity (Wildman–Crippen MR) is 75.9 cm³/mol. The number of nitrogens with one attached hydrogen (secondary N) is 1. The van der Waals surface area contributed by atoms with Gasteiger partial charge in [0.25, 0.3) is 0 Å². The molecule has 0 aliphatic carbocycles. The van der Waals surface area contributed by atoms with Gasteiger partial charge >= 0.3 is 0 Å². The fraction of sp³-hybridized carbons (Fsp3) is 0.267. The third-order valence-corrected chi connectivity index (χ3v) is 3.29. The second kappa shape index (κ2) is 5.82. The summed E-state index contributed by atoms with van der Waals surface area (Å²) in [6.07, 6.45) is 1.75. The third-order valence-electron chi connectivity index (χ3n) is 3.29. The summed E-state index contributed by atoms with van der Waals surface area (Å²) in [5.41, 5.74) is 7.14. The number of nitrogens with two attached hydrogens (primary N) is 1. The van der Waals surface area contributed by atoms with Gasteiger partial charge in [-0.05, 0) is 42.7 Å². The highest BCUT2D eigenvalue weighted by molar-refractivity contribution is 5.43. The molecule has 19 heavy (non-hydrogen) atoms. The number of hydrogen-bond donors (Lipinski definition) is 2. The quantitative estimate of drug-likeness (QED) is 0.651. The van der Waals surface area contributed by atoms with Crippen molar-refractivity contribution < 1.29 is 4.74 Å². The van der Waals surface area contributed by atoms with Crippen molar-refractivity contribution in [3.05, 3.63) is 58.9 Å². The van der Waals surface area contributed by atoms with E-state index in [9.17, 15) is 0 Å². The molecule has 1 unspecified atom stereocenters. The Balaban J connectivity index is 2.57. The van der Waals surface area contributed by atoms with Crippen molar-refractivity contribution in [3.63, 3.8) is 0 Å². The zero-order valence-electron chi connectivity index (χ0n) is 11.5. The first-order valence-electron chi connectivity index (χ1n) is 6.20. The molecule has 0 fully saturated rings. The largest absolute Gasteiger partial charge is 0.495 e. The molecule has 0 saturated heterocycles. The first-order chi connectivity index (χ1) is 9.19. The van der Waals surface area contributed by atoms with Crippen molar-refractivity contribution in [1.29, 1.82) is 0 Å². The monoisotopic (exact) mass is 257 g/mol. The van der Waals surface area contributed by atoms with Gasteiger partial charge in [0.2, 0.25) is 0 Å². The molecule has 2 rings (SSSR count). The van der Waals surface area contributed by atoms with E-state index in [-0.39, 0.29) is 6.04 Å². The highest BCUT2D eigenvalue weighted by atomic mass is 16.5. The standard InChI is InChI=1S/C15H19N3O/c1-10-6-4-7-11(2)13(10)15(18-16)14-12(19-3)8-5-9-17-14/h4-9,15,18H,16H2,1-3H3. The van der Waals surface area contributed by atoms with E-state index in [2.05, 4.69) is 36.4 Å². The molecule has 0 radical (unpaired) electrons. The number of hydrogen-bond acceptors (Lipinski definition) is 4. The summed E-state index contributed by atoms with van der Waals surface area (Å²) in [4.78, 5) is 4.41. The van der Waals surface area contributed by atoms with E-state index in [1.54, 1.807) is 13.3 Å². The van der Waals surface area contributed by atoms with Gasteiger partial charge in [-0.25, -0.2) is 5.43 Å². The summed E-state index contributed by atoms with van der Waals surface area (Å²) in [6, 6.07) is 9.74. The van der Waals surface area contributed by atoms with Crippen LogP contribution in [0.1, 0.15) is 28.4 Å². The van der Waals surface area contributed by atoms with Gasteiger partial charge in [0.15, 0.2) is 0 Å². The van der Waals surface area contributed by atoms with Gasteiger partial charge < -0.3 is 4.74 Å². The number of aryl methyl sites for hydroxylation is 2. The Kier molecular flexibility index (Phi) is 4.14. The van der Waals surface area contributed by atoms with Gasteiger partial charge in [-0.3, -0.25) is 10.8 Å². The second-order valence-electron chi connectivity index (χ2n) is 4.50. The molecule has 1 aromatic heterocycles. The first kappa shape index (κ1) is 13.5. The SMILES string of the molecule is COc1cccnc1C(NN)c1c(C)cccc1C. The highest BCUT2D eigenvalue weighted by Crippen LogP contribution is 2.31. The predicted octanol–water partition coefficient (Wildman–Crippen LogP) is 2.26. The number of nitrogens with zero attached hydrogens (tertiary/aromatic N) is 1. The second-order valence-corrected chi connectivity index (χ2v) is 4.50. The Morgan fingerprint density at radius 3 is 2.42 bits per heavy atom. The molecule has 100 valence electrons. The number of methoxy groups -OCH3 is 1. The number of hydrazine groups is 1. The van der Waals surface area contributed by atoms with Crippen LogP contribution in [0.2, 0.25) is 0 Å². The van der Waals surface area contributed by atoms with E-state index in [1.807, 2.05) is 18.2 Å². The maximum atomic E-state index is 5.75. The van der Waals surface area contributed by atoms with E-state index in [4.69, 9.17) is 10.6 Å². The van der Waals surface area contributed by atoms with E-state index >= 15 is 0 Å². The number of rotatable bonds is 4. The first-order valence-corrected chi connectivity index (χ1v) is 6.20. The summed E-state index contributed by atoms with van der Waals surface area (Å²) in [5.74, 6) is 6.48. The normalized spacial score (nSPS) is 12.2. The lowest BCUT2D eigenvalue weighted by Crippen LogP contribution is -2.31. The molecule has 0 saturated carbocycles. The Labute approximate surface area is 113 Å². The van der Waals surface area contributed by atoms with E-state index in [1.165, 1.54) is 11.1 Å². The highest BCUT2D eigenvalue weighted by Gasteiger charge is 2.21. The van der Waals surface area contributed by atoms with Crippen molar-refractivity contribution in [3.8, 4) is 5.75 Å². The number of benzene rings is 1. The average molecular weight is 257 g/mol. The van der Waals surface area contributed by atoms with Crippen LogP contribution in [0.5, 0.6) is 5.75 Å². The molecule has 0 aliphatic heterocycles. The summed E-state index contributed by atoms with van der Waals surface area (Å²) in [7, 11) is 1.64. The van der Waals surface area contributed by atoms with Crippen LogP contribution in [0, 0.1) is 13.8 Å². The van der Waals surface area contributed by atoms with Crippen molar-refractivity contribution >= 4 is 0 Å². The van der Waals surface area contributed by atoms with Gasteiger partial charge in [0.1, 0.15) is 11.4 Å². The molecule has 4 nitrogen and oxygen atoms in total. The lowest BCUT2D eigenvalue weighted by molar-refractivity contribution is 0.400. The minimum Gasteiger partial charge on any atom is -0.495 e. The molecule has 0 spiro atoms. The van der Waals surface area contributed by atoms with Crippen LogP contribution in [0.25, 0.3) is 0 Å². The fourth-order valence-corrected chi connectivity index (χ4v) is 2.37. The molecular weight excluding hydrogens is 238 g/mol. The lowest BCUT2D eigenvalue weighted by Gasteiger charge is -2.22. The van der Waals surface area contributed by atoms with Crippen LogP contribution >= 0.6 is 0 Å². The molecule has 0 aliphatic rings. The fourth-order valence-electron chi connectivity index (χ4n) is 2.37. The smallest absolute Gasteiger partial charge is 0.142 e. The van der Waals surface area contributed by atoms with Crippen LogP contribution in [0.3, 0.4) is 0 Å². The van der Waals surface area contributed by atoms with Crippen LogP contribution in [-0.2, 0) is 0 Å². The van der Waals surface area contributed by atoms with Crippen molar-refractivity contribution in [2.24, 2.45) is 5.84 Å². The Morgan fingerprint density at radius 2 is 1.84 bits per heavy atom. The average Bonchev–Trinajstić information content (AvgIpc) is 2.43. The summed E-state index contributed by atoms with van der Waals surface area (Å²) < 4.78 is 5.37. The van der Waals surface area contributed by atoms with E-state index in [0.29, 0.717) is 0 Å². The zero-order valence-corrected chi connectivity index (χ0v) is 11.5. The van der Waals surface area contributed by atoms with Gasteiger partial charge in [-0.1, -0.05) is 18.2 Å². The van der Waals surface area contributed by atoms with Gasteiger partial charge in [0, 0.05) is 6.20 Å².